The molecule has 2 aliphatic carbocycles. The smallest absolute Gasteiger partial charge is 0.224 e. The van der Waals surface area contributed by atoms with Gasteiger partial charge in [0.25, 0.3) is 0 Å². The summed E-state index contributed by atoms with van der Waals surface area (Å²) in [5.74, 6) is 2.46. The van der Waals surface area contributed by atoms with Crippen molar-refractivity contribution in [3.05, 3.63) is 10.7 Å². The van der Waals surface area contributed by atoms with Crippen molar-refractivity contribution in [2.75, 3.05) is 17.2 Å². The number of halogens is 1. The van der Waals surface area contributed by atoms with Crippen LogP contribution < -0.4 is 10.6 Å². The lowest BCUT2D eigenvalue weighted by molar-refractivity contribution is 0.126. The fraction of sp³-hybridized carbons (Fsp3) is 0.733. The number of aliphatic hydroxyl groups excluding tert-OH is 1. The molecular weight excluding hydrogens is 332 g/mol. The Kier molecular flexibility index (Phi) is 4.95. The zero-order valence-electron chi connectivity index (χ0n) is 12.2. The predicted octanol–water partition coefficient (Wildman–Crippen LogP) is 3.17. The first kappa shape index (κ1) is 15.0. The van der Waals surface area contributed by atoms with E-state index in [2.05, 4.69) is 36.5 Å². The molecule has 116 valence electrons. The van der Waals surface area contributed by atoms with Crippen molar-refractivity contribution in [2.45, 2.75) is 57.1 Å². The molecule has 0 bridgehead atoms. The number of hydrogen-bond donors (Lipinski definition) is 3. The van der Waals surface area contributed by atoms with Crippen LogP contribution in [0.2, 0.25) is 0 Å². The Morgan fingerprint density at radius 3 is 2.67 bits per heavy atom. The van der Waals surface area contributed by atoms with E-state index in [1.165, 1.54) is 19.3 Å². The van der Waals surface area contributed by atoms with Crippen LogP contribution in [-0.2, 0) is 0 Å². The first-order chi connectivity index (χ1) is 10.2. The Bertz CT molecular complexity index is 473. The second-order valence-electron chi connectivity index (χ2n) is 6.20. The van der Waals surface area contributed by atoms with Gasteiger partial charge < -0.3 is 15.7 Å². The second kappa shape index (κ2) is 6.92. The van der Waals surface area contributed by atoms with E-state index in [-0.39, 0.29) is 6.10 Å². The summed E-state index contributed by atoms with van der Waals surface area (Å²) in [5, 5.41) is 16.3. The van der Waals surface area contributed by atoms with Crippen LogP contribution in [-0.4, -0.2) is 33.8 Å². The molecular formula is C15H23BrN4O. The van der Waals surface area contributed by atoms with Gasteiger partial charge in [-0.3, -0.25) is 0 Å². The molecule has 0 spiro atoms. The van der Waals surface area contributed by atoms with Crippen LogP contribution in [0, 0.1) is 5.92 Å². The lowest BCUT2D eigenvalue weighted by Gasteiger charge is -2.27. The van der Waals surface area contributed by atoms with Crippen molar-refractivity contribution < 1.29 is 5.11 Å². The van der Waals surface area contributed by atoms with Crippen molar-refractivity contribution in [3.8, 4) is 0 Å². The molecule has 0 saturated heterocycles. The van der Waals surface area contributed by atoms with Gasteiger partial charge in [0.2, 0.25) is 5.95 Å². The number of aromatic nitrogens is 2. The maximum Gasteiger partial charge on any atom is 0.224 e. The molecule has 5 nitrogen and oxygen atoms in total. The Morgan fingerprint density at radius 2 is 1.95 bits per heavy atom. The molecule has 2 saturated carbocycles. The van der Waals surface area contributed by atoms with E-state index in [0.29, 0.717) is 12.0 Å². The Balaban J connectivity index is 1.55. The average Bonchev–Trinajstić information content (AvgIpc) is 3.29. The quantitative estimate of drug-likeness (QED) is 0.731. The van der Waals surface area contributed by atoms with Crippen molar-refractivity contribution in [1.29, 1.82) is 0 Å². The topological polar surface area (TPSA) is 70.1 Å². The summed E-state index contributed by atoms with van der Waals surface area (Å²) in [7, 11) is 0. The van der Waals surface area contributed by atoms with Crippen molar-refractivity contribution in [2.24, 2.45) is 5.92 Å². The highest BCUT2D eigenvalue weighted by Crippen LogP contribution is 2.32. The number of nitrogens with one attached hydrogen (secondary N) is 2. The van der Waals surface area contributed by atoms with Gasteiger partial charge in [0, 0.05) is 18.8 Å². The Morgan fingerprint density at radius 1 is 1.19 bits per heavy atom. The summed E-state index contributed by atoms with van der Waals surface area (Å²) in [5.41, 5.74) is 0. The zero-order chi connectivity index (χ0) is 14.7. The summed E-state index contributed by atoms with van der Waals surface area (Å²) in [6, 6.07) is 0.388. The third-order valence-corrected chi connectivity index (χ3v) is 4.89. The first-order valence-corrected chi connectivity index (χ1v) is 8.71. The summed E-state index contributed by atoms with van der Waals surface area (Å²) >= 11 is 3.51. The van der Waals surface area contributed by atoms with E-state index in [1.807, 2.05) is 0 Å². The molecule has 2 fully saturated rings. The van der Waals surface area contributed by atoms with E-state index in [9.17, 15) is 5.11 Å². The van der Waals surface area contributed by atoms with Gasteiger partial charge in [0.05, 0.1) is 10.6 Å². The molecule has 0 aromatic carbocycles. The van der Waals surface area contributed by atoms with Crippen LogP contribution >= 0.6 is 15.9 Å². The highest BCUT2D eigenvalue weighted by atomic mass is 79.9. The molecule has 3 N–H and O–H groups in total. The van der Waals surface area contributed by atoms with Gasteiger partial charge in [0.15, 0.2) is 0 Å². The first-order valence-electron chi connectivity index (χ1n) is 7.91. The molecule has 6 heteroatoms. The van der Waals surface area contributed by atoms with E-state index in [0.717, 1.165) is 48.4 Å². The molecule has 1 aromatic rings. The average molecular weight is 355 g/mol. The predicted molar refractivity (Wildman–Crippen MR) is 87.4 cm³/mol. The van der Waals surface area contributed by atoms with Crippen molar-refractivity contribution in [1.82, 2.24) is 9.97 Å². The maximum absolute atomic E-state index is 9.57. The fourth-order valence-corrected chi connectivity index (χ4v) is 3.07. The molecule has 0 aliphatic heterocycles. The van der Waals surface area contributed by atoms with Gasteiger partial charge in [-0.25, -0.2) is 4.98 Å². The lowest BCUT2D eigenvalue weighted by atomic mass is 9.93. The van der Waals surface area contributed by atoms with Gasteiger partial charge in [-0.2, -0.15) is 4.98 Å². The zero-order valence-corrected chi connectivity index (χ0v) is 13.8. The minimum Gasteiger partial charge on any atom is -0.393 e. The third-order valence-electron chi connectivity index (χ3n) is 4.31. The minimum atomic E-state index is -0.128. The Labute approximate surface area is 134 Å². The van der Waals surface area contributed by atoms with Crippen LogP contribution in [0.15, 0.2) is 10.7 Å². The number of hydrogen-bond acceptors (Lipinski definition) is 5. The molecule has 0 unspecified atom stereocenters. The third kappa shape index (κ3) is 4.54. The largest absolute Gasteiger partial charge is 0.393 e. The van der Waals surface area contributed by atoms with E-state index >= 15 is 0 Å². The highest BCUT2D eigenvalue weighted by Gasteiger charge is 2.21. The van der Waals surface area contributed by atoms with Crippen LogP contribution in [0.1, 0.15) is 44.9 Å². The van der Waals surface area contributed by atoms with E-state index < -0.39 is 0 Å². The second-order valence-corrected chi connectivity index (χ2v) is 7.05. The van der Waals surface area contributed by atoms with Crippen LogP contribution in [0.3, 0.4) is 0 Å². The van der Waals surface area contributed by atoms with Crippen molar-refractivity contribution in [3.63, 3.8) is 0 Å². The van der Waals surface area contributed by atoms with Gasteiger partial charge in [-0.1, -0.05) is 12.8 Å². The molecule has 0 amide bonds. The number of anilines is 2. The van der Waals surface area contributed by atoms with E-state index in [4.69, 9.17) is 0 Å². The summed E-state index contributed by atoms with van der Waals surface area (Å²) in [6.45, 7) is 0.946. The van der Waals surface area contributed by atoms with Gasteiger partial charge in [0.1, 0.15) is 5.82 Å². The standard InChI is InChI=1S/C15H23BrN4O/c16-13-9-18-15(17-8-7-10-1-2-10)20-14(13)19-11-3-5-12(21)6-4-11/h9-12,21H,1-8H2,(H2,17,18,19,20)/t11-,12-. The summed E-state index contributed by atoms with van der Waals surface area (Å²) in [6.07, 6.45) is 9.35. The lowest BCUT2D eigenvalue weighted by Crippen LogP contribution is -2.28. The minimum absolute atomic E-state index is 0.128. The fourth-order valence-electron chi connectivity index (χ4n) is 2.76. The maximum atomic E-state index is 9.57. The van der Waals surface area contributed by atoms with Crippen molar-refractivity contribution >= 4 is 27.7 Å². The molecule has 1 aromatic heterocycles. The normalized spacial score (nSPS) is 25.6. The highest BCUT2D eigenvalue weighted by molar-refractivity contribution is 9.10. The SMILES string of the molecule is O[C@H]1CC[C@H](Nc2nc(NCCC3CC3)ncc2Br)CC1. The number of rotatable bonds is 6. The van der Waals surface area contributed by atoms with Crippen LogP contribution in [0.4, 0.5) is 11.8 Å². The summed E-state index contributed by atoms with van der Waals surface area (Å²) < 4.78 is 0.890. The monoisotopic (exact) mass is 354 g/mol. The number of aliphatic hydroxyl groups is 1. The summed E-state index contributed by atoms with van der Waals surface area (Å²) in [4.78, 5) is 8.87. The molecule has 2 aliphatic rings. The molecule has 1 heterocycles. The molecule has 3 rings (SSSR count). The molecule has 0 atom stereocenters. The molecule has 21 heavy (non-hydrogen) atoms. The Hall–Kier alpha value is -0.880. The van der Waals surface area contributed by atoms with Gasteiger partial charge in [-0.15, -0.1) is 0 Å². The van der Waals surface area contributed by atoms with Gasteiger partial charge >= 0.3 is 0 Å². The number of nitrogens with zero attached hydrogens (tertiary/aromatic N) is 2. The molecule has 0 radical (unpaired) electrons. The van der Waals surface area contributed by atoms with Crippen LogP contribution in [0.25, 0.3) is 0 Å². The van der Waals surface area contributed by atoms with Gasteiger partial charge in [-0.05, 0) is 54.0 Å². The van der Waals surface area contributed by atoms with E-state index in [1.54, 1.807) is 6.20 Å². The van der Waals surface area contributed by atoms with Crippen LogP contribution in [0.5, 0.6) is 0 Å².